The van der Waals surface area contributed by atoms with Gasteiger partial charge in [0, 0.05) is 51.0 Å². The first-order chi connectivity index (χ1) is 11.2. The molecule has 2 aromatic heterocycles. The number of nitrogens with one attached hydrogen (secondary N) is 1. The van der Waals surface area contributed by atoms with E-state index in [1.807, 2.05) is 0 Å². The van der Waals surface area contributed by atoms with E-state index >= 15 is 0 Å². The van der Waals surface area contributed by atoms with Crippen molar-refractivity contribution in [3.8, 4) is 0 Å². The Morgan fingerprint density at radius 3 is 2.83 bits per heavy atom. The molecule has 1 unspecified atom stereocenters. The number of benzene rings is 2. The van der Waals surface area contributed by atoms with E-state index in [0.29, 0.717) is 5.92 Å². The minimum absolute atomic E-state index is 0.704. The second-order valence-corrected chi connectivity index (χ2v) is 6.96. The van der Waals surface area contributed by atoms with Crippen molar-refractivity contribution in [3.05, 3.63) is 53.7 Å². The molecule has 0 spiro atoms. The summed E-state index contributed by atoms with van der Waals surface area (Å²) in [6, 6.07) is 13.4. The number of aryl methyl sites for hydroxylation is 1. The maximum Gasteiger partial charge on any atom is 0.0496 e. The lowest BCUT2D eigenvalue weighted by molar-refractivity contribution is 0.587. The minimum Gasteiger partial charge on any atom is -0.358 e. The lowest BCUT2D eigenvalue weighted by Gasteiger charge is -2.04. The molecule has 2 aromatic carbocycles. The van der Waals surface area contributed by atoms with Crippen LogP contribution in [0.1, 0.15) is 24.6 Å². The van der Waals surface area contributed by atoms with Crippen LogP contribution in [0.25, 0.3) is 38.8 Å². The maximum atomic E-state index is 3.69. The van der Waals surface area contributed by atoms with Gasteiger partial charge in [-0.25, -0.2) is 0 Å². The molecule has 0 fully saturated rings. The van der Waals surface area contributed by atoms with Gasteiger partial charge in [0.25, 0.3) is 0 Å². The Kier molecular flexibility index (Phi) is 2.55. The molecule has 23 heavy (non-hydrogen) atoms. The van der Waals surface area contributed by atoms with Gasteiger partial charge in [-0.3, -0.25) is 0 Å². The van der Waals surface area contributed by atoms with Crippen molar-refractivity contribution < 1.29 is 0 Å². The quantitative estimate of drug-likeness (QED) is 0.448. The smallest absolute Gasteiger partial charge is 0.0496 e. The van der Waals surface area contributed by atoms with E-state index in [4.69, 9.17) is 0 Å². The van der Waals surface area contributed by atoms with Gasteiger partial charge in [0.1, 0.15) is 0 Å². The first-order valence-electron chi connectivity index (χ1n) is 8.40. The summed E-state index contributed by atoms with van der Waals surface area (Å²) in [7, 11) is 2.17. The van der Waals surface area contributed by atoms with E-state index in [0.717, 1.165) is 6.42 Å². The summed E-state index contributed by atoms with van der Waals surface area (Å²) in [6.07, 6.45) is 6.94. The summed E-state index contributed by atoms with van der Waals surface area (Å²) in [4.78, 5) is 3.69. The van der Waals surface area contributed by atoms with Gasteiger partial charge in [-0.05, 0) is 37.0 Å². The van der Waals surface area contributed by atoms with E-state index in [2.05, 4.69) is 72.1 Å². The average Bonchev–Trinajstić information content (AvgIpc) is 2.95. The molecule has 0 radical (unpaired) electrons. The highest BCUT2D eigenvalue weighted by Crippen LogP contribution is 2.35. The zero-order valence-corrected chi connectivity index (χ0v) is 13.6. The zero-order valence-electron chi connectivity index (χ0n) is 13.6. The molecule has 2 heteroatoms. The largest absolute Gasteiger partial charge is 0.358 e. The van der Waals surface area contributed by atoms with E-state index in [9.17, 15) is 0 Å². The molecule has 4 aromatic rings. The SMILES string of the molecule is CC1CC=Cc2c([nH]c3cc4c5ccccc5n(C)c4cc23)C1. The Bertz CT molecular complexity index is 1090. The van der Waals surface area contributed by atoms with Crippen LogP contribution in [0.5, 0.6) is 0 Å². The average molecular weight is 300 g/mol. The summed E-state index contributed by atoms with van der Waals surface area (Å²) in [5, 5.41) is 4.02. The predicted molar refractivity (Wildman–Crippen MR) is 98.8 cm³/mol. The van der Waals surface area contributed by atoms with E-state index in [-0.39, 0.29) is 0 Å². The van der Waals surface area contributed by atoms with Crippen molar-refractivity contribution >= 4 is 38.8 Å². The topological polar surface area (TPSA) is 20.7 Å². The van der Waals surface area contributed by atoms with Crippen LogP contribution in [0.3, 0.4) is 0 Å². The van der Waals surface area contributed by atoms with Gasteiger partial charge in [-0.1, -0.05) is 37.3 Å². The monoisotopic (exact) mass is 300 g/mol. The Balaban J connectivity index is 1.91. The van der Waals surface area contributed by atoms with Crippen LogP contribution >= 0.6 is 0 Å². The van der Waals surface area contributed by atoms with Crippen molar-refractivity contribution in [2.75, 3.05) is 0 Å². The van der Waals surface area contributed by atoms with Crippen LogP contribution < -0.4 is 0 Å². The second kappa shape index (κ2) is 4.51. The summed E-state index contributed by atoms with van der Waals surface area (Å²) in [6.45, 7) is 2.33. The van der Waals surface area contributed by atoms with Crippen LogP contribution in [0.4, 0.5) is 0 Å². The zero-order chi connectivity index (χ0) is 15.6. The molecule has 0 aliphatic heterocycles. The summed E-state index contributed by atoms with van der Waals surface area (Å²) in [5.74, 6) is 0.704. The van der Waals surface area contributed by atoms with Crippen molar-refractivity contribution in [1.82, 2.24) is 9.55 Å². The number of hydrogen-bond acceptors (Lipinski definition) is 0. The number of aromatic nitrogens is 2. The molecule has 114 valence electrons. The van der Waals surface area contributed by atoms with Crippen LogP contribution in [0.15, 0.2) is 42.5 Å². The van der Waals surface area contributed by atoms with Gasteiger partial charge in [-0.2, -0.15) is 0 Å². The number of nitrogens with zero attached hydrogens (tertiary/aromatic N) is 1. The fourth-order valence-electron chi connectivity index (χ4n) is 4.13. The summed E-state index contributed by atoms with van der Waals surface area (Å²) >= 11 is 0. The first-order valence-corrected chi connectivity index (χ1v) is 8.40. The predicted octanol–water partition coefficient (Wildman–Crippen LogP) is 5.41. The second-order valence-electron chi connectivity index (χ2n) is 6.96. The number of aromatic amines is 1. The van der Waals surface area contributed by atoms with Crippen molar-refractivity contribution in [3.63, 3.8) is 0 Å². The van der Waals surface area contributed by atoms with Crippen LogP contribution in [-0.4, -0.2) is 9.55 Å². The number of H-pyrrole nitrogens is 1. The number of rotatable bonds is 0. The molecule has 2 nitrogen and oxygen atoms in total. The summed E-state index contributed by atoms with van der Waals surface area (Å²) in [5.41, 5.74) is 6.64. The molecule has 1 aliphatic carbocycles. The molecule has 1 aliphatic rings. The van der Waals surface area contributed by atoms with Crippen LogP contribution in [0.2, 0.25) is 0 Å². The van der Waals surface area contributed by atoms with Crippen molar-refractivity contribution in [2.45, 2.75) is 19.8 Å². The van der Waals surface area contributed by atoms with Gasteiger partial charge in [0.05, 0.1) is 0 Å². The third-order valence-corrected chi connectivity index (χ3v) is 5.33. The lowest BCUT2D eigenvalue weighted by Crippen LogP contribution is -1.97. The van der Waals surface area contributed by atoms with Crippen molar-refractivity contribution in [1.29, 1.82) is 0 Å². The molecule has 0 saturated carbocycles. The fourth-order valence-corrected chi connectivity index (χ4v) is 4.13. The van der Waals surface area contributed by atoms with Gasteiger partial charge in [-0.15, -0.1) is 0 Å². The lowest BCUT2D eigenvalue weighted by atomic mass is 10.0. The fraction of sp³-hybridized carbons (Fsp3) is 0.238. The molecule has 1 N–H and O–H groups in total. The molecule has 5 rings (SSSR count). The van der Waals surface area contributed by atoms with Gasteiger partial charge in [0.2, 0.25) is 0 Å². The number of fused-ring (bicyclic) bond motifs is 6. The van der Waals surface area contributed by atoms with E-state index in [1.165, 1.54) is 50.4 Å². The van der Waals surface area contributed by atoms with Gasteiger partial charge in [0.15, 0.2) is 0 Å². The Morgan fingerprint density at radius 2 is 1.91 bits per heavy atom. The highest BCUT2D eigenvalue weighted by molar-refractivity contribution is 6.13. The molecule has 2 heterocycles. The van der Waals surface area contributed by atoms with Gasteiger partial charge >= 0.3 is 0 Å². The van der Waals surface area contributed by atoms with Crippen molar-refractivity contribution in [2.24, 2.45) is 13.0 Å². The maximum absolute atomic E-state index is 3.69. The number of hydrogen-bond donors (Lipinski definition) is 1. The number of para-hydroxylation sites is 1. The third kappa shape index (κ3) is 1.75. The third-order valence-electron chi connectivity index (χ3n) is 5.33. The number of allylic oxidation sites excluding steroid dienone is 1. The van der Waals surface area contributed by atoms with E-state index < -0.39 is 0 Å². The Morgan fingerprint density at radius 1 is 1.04 bits per heavy atom. The normalized spacial score (nSPS) is 17.9. The highest BCUT2D eigenvalue weighted by atomic mass is 14.9. The Labute approximate surface area is 135 Å². The van der Waals surface area contributed by atoms with Crippen LogP contribution in [0, 0.1) is 5.92 Å². The molecule has 0 amide bonds. The van der Waals surface area contributed by atoms with Crippen LogP contribution in [-0.2, 0) is 13.5 Å². The molecular formula is C21H20N2. The van der Waals surface area contributed by atoms with Gasteiger partial charge < -0.3 is 9.55 Å². The van der Waals surface area contributed by atoms with E-state index in [1.54, 1.807) is 0 Å². The first kappa shape index (κ1) is 13.0. The molecule has 0 saturated heterocycles. The molecular weight excluding hydrogens is 280 g/mol. The highest BCUT2D eigenvalue weighted by Gasteiger charge is 2.17. The Hall–Kier alpha value is -2.48. The standard InChI is InChI=1S/C21H20N2/c1-13-6-5-8-14-16-12-21-17(11-19(16)22-18(14)10-13)15-7-3-4-9-20(15)23(21)2/h3-5,7-9,11-13,22H,6,10H2,1-2H3. The minimum atomic E-state index is 0.704. The summed E-state index contributed by atoms with van der Waals surface area (Å²) < 4.78 is 2.31. The molecule has 0 bridgehead atoms. The molecule has 1 atom stereocenters.